The number of anilines is 1. The van der Waals surface area contributed by atoms with E-state index in [1.807, 2.05) is 0 Å². The molecule has 3 nitrogen and oxygen atoms in total. The zero-order chi connectivity index (χ0) is 13.8. The van der Waals surface area contributed by atoms with E-state index in [2.05, 4.69) is 5.32 Å². The van der Waals surface area contributed by atoms with Crippen LogP contribution in [-0.4, -0.2) is 13.0 Å². The Bertz CT molecular complexity index is 594. The second-order valence-electron chi connectivity index (χ2n) is 4.17. The summed E-state index contributed by atoms with van der Waals surface area (Å²) in [6.07, 6.45) is 0. The maximum absolute atomic E-state index is 13.6. The Kier molecular flexibility index (Phi) is 3.80. The summed E-state index contributed by atoms with van der Waals surface area (Å²) >= 11 is 0. The van der Waals surface area contributed by atoms with Crippen molar-refractivity contribution in [1.82, 2.24) is 0 Å². The highest BCUT2D eigenvalue weighted by atomic mass is 19.1. The molecule has 0 aliphatic carbocycles. The first kappa shape index (κ1) is 13.1. The van der Waals surface area contributed by atoms with Gasteiger partial charge in [0.15, 0.2) is 0 Å². The van der Waals surface area contributed by atoms with E-state index in [0.29, 0.717) is 11.4 Å². The molecule has 4 heteroatoms. The third kappa shape index (κ3) is 3.10. The van der Waals surface area contributed by atoms with Crippen LogP contribution < -0.4 is 10.1 Å². The Labute approximate surface area is 111 Å². The first-order valence-corrected chi connectivity index (χ1v) is 5.81. The topological polar surface area (TPSA) is 38.3 Å². The molecule has 0 fully saturated rings. The molecule has 0 bridgehead atoms. The molecule has 0 saturated carbocycles. The van der Waals surface area contributed by atoms with Crippen LogP contribution in [0.5, 0.6) is 5.75 Å². The molecule has 0 unspecified atom stereocenters. The van der Waals surface area contributed by atoms with E-state index in [4.69, 9.17) is 4.74 Å². The minimum absolute atomic E-state index is 0.0291. The normalized spacial score (nSPS) is 10.1. The largest absolute Gasteiger partial charge is 0.497 e. The predicted molar refractivity (Wildman–Crippen MR) is 72.1 cm³/mol. The molecule has 2 rings (SSSR count). The SMILES string of the molecule is COc1ccc(NC(=O)c2ccc(C)cc2F)cc1. The number of benzene rings is 2. The quantitative estimate of drug-likeness (QED) is 0.917. The van der Waals surface area contributed by atoms with Gasteiger partial charge in [0.1, 0.15) is 11.6 Å². The number of methoxy groups -OCH3 is 1. The van der Waals surface area contributed by atoms with Crippen molar-refractivity contribution >= 4 is 11.6 Å². The van der Waals surface area contributed by atoms with Gasteiger partial charge in [-0.3, -0.25) is 4.79 Å². The van der Waals surface area contributed by atoms with Gasteiger partial charge in [-0.25, -0.2) is 4.39 Å². The minimum Gasteiger partial charge on any atom is -0.497 e. The zero-order valence-corrected chi connectivity index (χ0v) is 10.7. The number of hydrogen-bond donors (Lipinski definition) is 1. The number of aryl methyl sites for hydroxylation is 1. The van der Waals surface area contributed by atoms with E-state index in [-0.39, 0.29) is 5.56 Å². The lowest BCUT2D eigenvalue weighted by atomic mass is 10.1. The summed E-state index contributed by atoms with van der Waals surface area (Å²) in [6.45, 7) is 1.77. The zero-order valence-electron chi connectivity index (χ0n) is 10.7. The smallest absolute Gasteiger partial charge is 0.258 e. The van der Waals surface area contributed by atoms with Crippen LogP contribution in [0.15, 0.2) is 42.5 Å². The Balaban J connectivity index is 2.15. The number of amides is 1. The van der Waals surface area contributed by atoms with Crippen LogP contribution in [-0.2, 0) is 0 Å². The average molecular weight is 259 g/mol. The monoisotopic (exact) mass is 259 g/mol. The third-order valence-electron chi connectivity index (χ3n) is 2.72. The summed E-state index contributed by atoms with van der Waals surface area (Å²) in [7, 11) is 1.56. The highest BCUT2D eigenvalue weighted by Crippen LogP contribution is 2.17. The van der Waals surface area contributed by atoms with Crippen LogP contribution >= 0.6 is 0 Å². The molecule has 1 N–H and O–H groups in total. The van der Waals surface area contributed by atoms with Gasteiger partial charge in [-0.15, -0.1) is 0 Å². The lowest BCUT2D eigenvalue weighted by Gasteiger charge is -2.07. The summed E-state index contributed by atoms with van der Waals surface area (Å²) in [5.74, 6) is -0.298. The van der Waals surface area contributed by atoms with Crippen LogP contribution in [0.3, 0.4) is 0 Å². The standard InChI is InChI=1S/C15H14FNO2/c1-10-3-8-13(14(16)9-10)15(18)17-11-4-6-12(19-2)7-5-11/h3-9H,1-2H3,(H,17,18). The molecule has 0 spiro atoms. The van der Waals surface area contributed by atoms with E-state index >= 15 is 0 Å². The molecule has 0 atom stereocenters. The fraction of sp³-hybridized carbons (Fsp3) is 0.133. The summed E-state index contributed by atoms with van der Waals surface area (Å²) in [4.78, 5) is 11.9. The maximum Gasteiger partial charge on any atom is 0.258 e. The molecule has 0 radical (unpaired) electrons. The molecule has 0 aliphatic rings. The molecule has 0 heterocycles. The van der Waals surface area contributed by atoms with Crippen molar-refractivity contribution < 1.29 is 13.9 Å². The number of carbonyl (C=O) groups is 1. The summed E-state index contributed by atoms with van der Waals surface area (Å²) in [5.41, 5.74) is 1.39. The fourth-order valence-corrected chi connectivity index (χ4v) is 1.68. The average Bonchev–Trinajstić information content (AvgIpc) is 2.39. The van der Waals surface area contributed by atoms with Crippen molar-refractivity contribution in [2.45, 2.75) is 6.92 Å². The van der Waals surface area contributed by atoms with E-state index in [1.165, 1.54) is 12.1 Å². The van der Waals surface area contributed by atoms with Crippen LogP contribution in [0.1, 0.15) is 15.9 Å². The number of halogens is 1. The first-order chi connectivity index (χ1) is 9.10. The van der Waals surface area contributed by atoms with Gasteiger partial charge in [0, 0.05) is 5.69 Å². The number of carbonyl (C=O) groups excluding carboxylic acids is 1. The van der Waals surface area contributed by atoms with Crippen LogP contribution in [0, 0.1) is 12.7 Å². The van der Waals surface area contributed by atoms with Gasteiger partial charge < -0.3 is 10.1 Å². The summed E-state index contributed by atoms with van der Waals surface area (Å²) in [5, 5.41) is 2.64. The van der Waals surface area contributed by atoms with E-state index in [1.54, 1.807) is 44.4 Å². The molecule has 2 aromatic rings. The number of rotatable bonds is 3. The summed E-state index contributed by atoms with van der Waals surface area (Å²) in [6, 6.07) is 11.4. The van der Waals surface area contributed by atoms with E-state index in [9.17, 15) is 9.18 Å². The highest BCUT2D eigenvalue weighted by molar-refractivity contribution is 6.04. The first-order valence-electron chi connectivity index (χ1n) is 5.81. The van der Waals surface area contributed by atoms with E-state index < -0.39 is 11.7 Å². The molecule has 2 aromatic carbocycles. The third-order valence-corrected chi connectivity index (χ3v) is 2.72. The fourth-order valence-electron chi connectivity index (χ4n) is 1.68. The van der Waals surface area contributed by atoms with Crippen molar-refractivity contribution in [1.29, 1.82) is 0 Å². The number of hydrogen-bond acceptors (Lipinski definition) is 2. The predicted octanol–water partition coefficient (Wildman–Crippen LogP) is 3.40. The lowest BCUT2D eigenvalue weighted by Crippen LogP contribution is -2.13. The van der Waals surface area contributed by atoms with Crippen molar-refractivity contribution in [2.75, 3.05) is 12.4 Å². The molecule has 1 amide bonds. The molecule has 19 heavy (non-hydrogen) atoms. The van der Waals surface area contributed by atoms with Crippen molar-refractivity contribution in [3.05, 3.63) is 59.4 Å². The number of ether oxygens (including phenoxy) is 1. The van der Waals surface area contributed by atoms with Crippen molar-refractivity contribution in [3.63, 3.8) is 0 Å². The molecular weight excluding hydrogens is 245 g/mol. The van der Waals surface area contributed by atoms with Crippen molar-refractivity contribution in [3.8, 4) is 5.75 Å². The molecule has 0 aromatic heterocycles. The van der Waals surface area contributed by atoms with Crippen LogP contribution in [0.4, 0.5) is 10.1 Å². The minimum atomic E-state index is -0.522. The van der Waals surface area contributed by atoms with Gasteiger partial charge in [0.05, 0.1) is 12.7 Å². The summed E-state index contributed by atoms with van der Waals surface area (Å²) < 4.78 is 18.7. The number of nitrogens with one attached hydrogen (secondary N) is 1. The molecule has 98 valence electrons. The van der Waals surface area contributed by atoms with Crippen LogP contribution in [0.25, 0.3) is 0 Å². The van der Waals surface area contributed by atoms with E-state index in [0.717, 1.165) is 5.56 Å². The Hall–Kier alpha value is -2.36. The van der Waals surface area contributed by atoms with Gasteiger partial charge >= 0.3 is 0 Å². The van der Waals surface area contributed by atoms with Gasteiger partial charge in [-0.05, 0) is 48.9 Å². The Morgan fingerprint density at radius 3 is 2.42 bits per heavy atom. The van der Waals surface area contributed by atoms with Crippen molar-refractivity contribution in [2.24, 2.45) is 0 Å². The second-order valence-corrected chi connectivity index (χ2v) is 4.17. The second kappa shape index (κ2) is 5.52. The Morgan fingerprint density at radius 1 is 1.16 bits per heavy atom. The van der Waals surface area contributed by atoms with Gasteiger partial charge in [0.25, 0.3) is 5.91 Å². The van der Waals surface area contributed by atoms with Gasteiger partial charge in [-0.1, -0.05) is 6.07 Å². The molecular formula is C15H14FNO2. The molecule has 0 aliphatic heterocycles. The lowest BCUT2D eigenvalue weighted by molar-refractivity contribution is 0.102. The highest BCUT2D eigenvalue weighted by Gasteiger charge is 2.11. The van der Waals surface area contributed by atoms with Gasteiger partial charge in [-0.2, -0.15) is 0 Å². The maximum atomic E-state index is 13.6. The van der Waals surface area contributed by atoms with Gasteiger partial charge in [0.2, 0.25) is 0 Å². The van der Waals surface area contributed by atoms with Crippen LogP contribution in [0.2, 0.25) is 0 Å². The molecule has 0 saturated heterocycles. The Morgan fingerprint density at radius 2 is 1.84 bits per heavy atom.